The highest BCUT2D eigenvalue weighted by atomic mass is 16.5. The van der Waals surface area contributed by atoms with Gasteiger partial charge in [0.1, 0.15) is 11.3 Å². The number of aryl methyl sites for hydroxylation is 1. The van der Waals surface area contributed by atoms with E-state index in [1.807, 2.05) is 66.2 Å². The molecule has 0 aliphatic carbocycles. The van der Waals surface area contributed by atoms with Gasteiger partial charge in [-0.1, -0.05) is 48.5 Å². The van der Waals surface area contributed by atoms with Gasteiger partial charge in [0.25, 0.3) is 5.95 Å². The first-order valence-electron chi connectivity index (χ1n) is 9.19. The van der Waals surface area contributed by atoms with Crippen molar-refractivity contribution in [1.82, 2.24) is 19.7 Å². The van der Waals surface area contributed by atoms with Crippen molar-refractivity contribution in [3.63, 3.8) is 0 Å². The third-order valence-electron chi connectivity index (χ3n) is 5.02. The number of fused-ring (bicyclic) bond motifs is 4. The lowest BCUT2D eigenvalue weighted by atomic mass is 10.0. The smallest absolute Gasteiger partial charge is 0.265 e. The van der Waals surface area contributed by atoms with Crippen molar-refractivity contribution in [2.75, 3.05) is 12.5 Å². The molecule has 142 valence electrons. The predicted molar refractivity (Wildman–Crippen MR) is 116 cm³/mol. The molecule has 3 aromatic carbocycles. The maximum absolute atomic E-state index is 5.50. The number of nitrogens with one attached hydrogen (secondary N) is 1. The van der Waals surface area contributed by atoms with Crippen molar-refractivity contribution >= 4 is 45.0 Å². The van der Waals surface area contributed by atoms with E-state index < -0.39 is 0 Å². The van der Waals surface area contributed by atoms with E-state index in [4.69, 9.17) is 4.74 Å². The van der Waals surface area contributed by atoms with Crippen LogP contribution in [0.1, 0.15) is 5.56 Å². The number of para-hydroxylation sites is 1. The second-order valence-corrected chi connectivity index (χ2v) is 6.66. The largest absolute Gasteiger partial charge is 0.496 e. The average molecular weight is 382 g/mol. The number of hydrazone groups is 1. The number of aromatic nitrogens is 4. The molecule has 0 amide bonds. The third kappa shape index (κ3) is 2.84. The fourth-order valence-corrected chi connectivity index (χ4v) is 3.60. The molecule has 2 heterocycles. The van der Waals surface area contributed by atoms with Crippen LogP contribution in [0, 0.1) is 0 Å². The number of rotatable bonds is 4. The van der Waals surface area contributed by atoms with E-state index in [-0.39, 0.29) is 0 Å². The van der Waals surface area contributed by atoms with Crippen molar-refractivity contribution in [2.24, 2.45) is 12.1 Å². The van der Waals surface area contributed by atoms with E-state index in [1.165, 1.54) is 0 Å². The summed E-state index contributed by atoms with van der Waals surface area (Å²) in [4.78, 5) is 4.58. The van der Waals surface area contributed by atoms with Crippen molar-refractivity contribution in [1.29, 1.82) is 0 Å². The Morgan fingerprint density at radius 1 is 0.966 bits per heavy atom. The summed E-state index contributed by atoms with van der Waals surface area (Å²) in [7, 11) is 3.61. The highest BCUT2D eigenvalue weighted by Crippen LogP contribution is 2.27. The molecule has 2 aromatic heterocycles. The summed E-state index contributed by atoms with van der Waals surface area (Å²) in [5, 5.41) is 16.1. The molecule has 0 bridgehead atoms. The Bertz CT molecular complexity index is 1390. The van der Waals surface area contributed by atoms with Gasteiger partial charge in [-0.15, -0.1) is 10.2 Å². The topological polar surface area (TPSA) is 77.2 Å². The Morgan fingerprint density at radius 2 is 1.76 bits per heavy atom. The van der Waals surface area contributed by atoms with Gasteiger partial charge in [0.15, 0.2) is 5.65 Å². The molecule has 7 heteroatoms. The van der Waals surface area contributed by atoms with Gasteiger partial charge >= 0.3 is 0 Å². The molecule has 0 saturated carbocycles. The van der Waals surface area contributed by atoms with E-state index >= 15 is 0 Å². The predicted octanol–water partition coefficient (Wildman–Crippen LogP) is 4.12. The number of ether oxygens (including phenoxy) is 1. The minimum absolute atomic E-state index is 0.332. The van der Waals surface area contributed by atoms with Crippen LogP contribution in [0.5, 0.6) is 5.75 Å². The molecule has 0 unspecified atom stereocenters. The normalized spacial score (nSPS) is 11.7. The number of methoxy groups -OCH3 is 1. The number of nitrogens with zero attached hydrogens (tertiary/aromatic N) is 5. The number of hydrogen-bond acceptors (Lipinski definition) is 6. The summed E-state index contributed by atoms with van der Waals surface area (Å²) in [6.07, 6.45) is 1.72. The van der Waals surface area contributed by atoms with Gasteiger partial charge in [-0.3, -0.25) is 0 Å². The first-order valence-corrected chi connectivity index (χ1v) is 9.19. The lowest BCUT2D eigenvalue weighted by Gasteiger charge is -2.08. The van der Waals surface area contributed by atoms with Crippen molar-refractivity contribution in [3.8, 4) is 5.75 Å². The third-order valence-corrected chi connectivity index (χ3v) is 5.02. The molecule has 0 atom stereocenters. The first kappa shape index (κ1) is 17.1. The van der Waals surface area contributed by atoms with Gasteiger partial charge in [-0.05, 0) is 22.9 Å². The minimum atomic E-state index is 0.332. The van der Waals surface area contributed by atoms with Crippen LogP contribution in [0.15, 0.2) is 65.8 Å². The SMILES string of the molecule is COc1ccc2ccccc2c1C=NNc1nnc2c3ccccc3n(C)c2n1. The minimum Gasteiger partial charge on any atom is -0.496 e. The van der Waals surface area contributed by atoms with Crippen LogP contribution in [-0.2, 0) is 7.05 Å². The fraction of sp³-hybridized carbons (Fsp3) is 0.0909. The maximum Gasteiger partial charge on any atom is 0.265 e. The Morgan fingerprint density at radius 3 is 2.62 bits per heavy atom. The van der Waals surface area contributed by atoms with Crippen LogP contribution in [0.2, 0.25) is 0 Å². The van der Waals surface area contributed by atoms with Crippen LogP contribution < -0.4 is 10.2 Å². The Kier molecular flexibility index (Phi) is 4.05. The van der Waals surface area contributed by atoms with Gasteiger partial charge in [-0.2, -0.15) is 10.1 Å². The van der Waals surface area contributed by atoms with Crippen molar-refractivity contribution in [3.05, 3.63) is 66.2 Å². The van der Waals surface area contributed by atoms with Crippen LogP contribution >= 0.6 is 0 Å². The van der Waals surface area contributed by atoms with E-state index in [2.05, 4.69) is 31.8 Å². The molecule has 1 N–H and O–H groups in total. The van der Waals surface area contributed by atoms with Crippen LogP contribution in [0.4, 0.5) is 5.95 Å². The van der Waals surface area contributed by atoms with Gasteiger partial charge in [0.2, 0.25) is 0 Å². The number of benzene rings is 3. The zero-order chi connectivity index (χ0) is 19.8. The standard InChI is InChI=1S/C22H18N6O/c1-28-18-10-6-5-9-16(18)20-21(28)24-22(27-25-20)26-23-13-17-15-8-4-3-7-14(15)11-12-19(17)29-2/h3-13H,1-2H3,(H,24,26,27). The number of hydrogen-bond donors (Lipinski definition) is 1. The van der Waals surface area contributed by atoms with Gasteiger partial charge in [0, 0.05) is 18.0 Å². The molecule has 29 heavy (non-hydrogen) atoms. The molecule has 0 aliphatic heterocycles. The van der Waals surface area contributed by atoms with Gasteiger partial charge in [-0.25, -0.2) is 5.43 Å². The highest BCUT2D eigenvalue weighted by Gasteiger charge is 2.12. The van der Waals surface area contributed by atoms with E-state index in [0.29, 0.717) is 5.95 Å². The Labute approximate surface area is 166 Å². The van der Waals surface area contributed by atoms with Gasteiger partial charge < -0.3 is 9.30 Å². The van der Waals surface area contributed by atoms with Crippen LogP contribution in [-0.4, -0.2) is 33.1 Å². The summed E-state index contributed by atoms with van der Waals surface area (Å²) in [5.74, 6) is 1.08. The highest BCUT2D eigenvalue weighted by molar-refractivity contribution is 6.04. The van der Waals surface area contributed by atoms with Crippen molar-refractivity contribution in [2.45, 2.75) is 0 Å². The monoisotopic (exact) mass is 382 g/mol. The molecule has 0 aliphatic rings. The molecular weight excluding hydrogens is 364 g/mol. The zero-order valence-electron chi connectivity index (χ0n) is 16.0. The molecule has 5 rings (SSSR count). The van der Waals surface area contributed by atoms with Crippen LogP contribution in [0.25, 0.3) is 32.8 Å². The molecule has 0 fully saturated rings. The molecule has 0 spiro atoms. The fourth-order valence-electron chi connectivity index (χ4n) is 3.60. The molecular formula is C22H18N6O. The maximum atomic E-state index is 5.50. The summed E-state index contributed by atoms with van der Waals surface area (Å²) in [6, 6.07) is 20.1. The summed E-state index contributed by atoms with van der Waals surface area (Å²) < 4.78 is 7.50. The van der Waals surface area contributed by atoms with E-state index in [0.717, 1.165) is 44.2 Å². The summed E-state index contributed by atoms with van der Waals surface area (Å²) in [5.41, 5.74) is 6.36. The van der Waals surface area contributed by atoms with E-state index in [9.17, 15) is 0 Å². The molecule has 0 radical (unpaired) electrons. The average Bonchev–Trinajstić information content (AvgIpc) is 3.06. The summed E-state index contributed by atoms with van der Waals surface area (Å²) >= 11 is 0. The molecule has 5 aromatic rings. The summed E-state index contributed by atoms with van der Waals surface area (Å²) in [6.45, 7) is 0. The zero-order valence-corrected chi connectivity index (χ0v) is 16.0. The molecule has 0 saturated heterocycles. The molecule has 7 nitrogen and oxygen atoms in total. The van der Waals surface area contributed by atoms with E-state index in [1.54, 1.807) is 13.3 Å². The van der Waals surface area contributed by atoms with Gasteiger partial charge in [0.05, 0.1) is 18.8 Å². The Balaban J connectivity index is 1.51. The second kappa shape index (κ2) is 6.87. The van der Waals surface area contributed by atoms with Crippen LogP contribution in [0.3, 0.4) is 0 Å². The number of anilines is 1. The van der Waals surface area contributed by atoms with Crippen molar-refractivity contribution < 1.29 is 4.74 Å². The lowest BCUT2D eigenvalue weighted by Crippen LogP contribution is -2.01. The quantitative estimate of drug-likeness (QED) is 0.374. The lowest BCUT2D eigenvalue weighted by molar-refractivity contribution is 0.415. The first-order chi connectivity index (χ1) is 14.3. The Hall–Kier alpha value is -4.00. The second-order valence-electron chi connectivity index (χ2n) is 6.66.